The molecular formula is C22H29NO2. The molecule has 134 valence electrons. The van der Waals surface area contributed by atoms with Crippen molar-refractivity contribution in [3.8, 4) is 5.75 Å². The van der Waals surface area contributed by atoms with Crippen molar-refractivity contribution in [1.29, 1.82) is 0 Å². The zero-order valence-electron chi connectivity index (χ0n) is 15.9. The smallest absolute Gasteiger partial charge is 0.224 e. The highest BCUT2D eigenvalue weighted by Crippen LogP contribution is 2.23. The minimum Gasteiger partial charge on any atom is -0.491 e. The van der Waals surface area contributed by atoms with Crippen LogP contribution in [-0.4, -0.2) is 12.0 Å². The number of rotatable bonds is 6. The van der Waals surface area contributed by atoms with Crippen molar-refractivity contribution < 1.29 is 9.53 Å². The SMILES string of the molecule is CC(C)Oc1cccc(NC(=O)CCc2ccc(C(C)(C)C)cc2)c1. The summed E-state index contributed by atoms with van der Waals surface area (Å²) in [5.41, 5.74) is 3.41. The van der Waals surface area contributed by atoms with Gasteiger partial charge >= 0.3 is 0 Å². The van der Waals surface area contributed by atoms with Crippen molar-refractivity contribution in [3.63, 3.8) is 0 Å². The van der Waals surface area contributed by atoms with Gasteiger partial charge in [-0.1, -0.05) is 51.1 Å². The topological polar surface area (TPSA) is 38.3 Å². The first-order valence-corrected chi connectivity index (χ1v) is 8.90. The molecule has 0 saturated carbocycles. The van der Waals surface area contributed by atoms with Gasteiger partial charge in [0, 0.05) is 18.2 Å². The van der Waals surface area contributed by atoms with Crippen molar-refractivity contribution in [2.24, 2.45) is 0 Å². The molecule has 0 spiro atoms. The third-order valence-electron chi connectivity index (χ3n) is 3.95. The van der Waals surface area contributed by atoms with Gasteiger partial charge in [-0.15, -0.1) is 0 Å². The normalized spacial score (nSPS) is 11.4. The second-order valence-electron chi connectivity index (χ2n) is 7.69. The number of aryl methyl sites for hydroxylation is 1. The number of anilines is 1. The number of hydrogen-bond donors (Lipinski definition) is 1. The number of hydrogen-bond acceptors (Lipinski definition) is 2. The molecule has 0 aliphatic carbocycles. The first kappa shape index (κ1) is 19.0. The Kier molecular flexibility index (Phi) is 6.24. The van der Waals surface area contributed by atoms with E-state index in [4.69, 9.17) is 4.74 Å². The minimum atomic E-state index is 0.0154. The highest BCUT2D eigenvalue weighted by Gasteiger charge is 2.13. The first-order chi connectivity index (χ1) is 11.7. The summed E-state index contributed by atoms with van der Waals surface area (Å²) in [7, 11) is 0. The van der Waals surface area contributed by atoms with Crippen LogP contribution in [0.25, 0.3) is 0 Å². The van der Waals surface area contributed by atoms with Gasteiger partial charge in [0.1, 0.15) is 5.75 Å². The molecule has 1 N–H and O–H groups in total. The number of carbonyl (C=O) groups is 1. The lowest BCUT2D eigenvalue weighted by molar-refractivity contribution is -0.116. The van der Waals surface area contributed by atoms with E-state index in [1.54, 1.807) is 0 Å². The number of amides is 1. The minimum absolute atomic E-state index is 0.0154. The van der Waals surface area contributed by atoms with Gasteiger partial charge in [-0.05, 0) is 48.9 Å². The number of carbonyl (C=O) groups excluding carboxylic acids is 1. The van der Waals surface area contributed by atoms with E-state index >= 15 is 0 Å². The van der Waals surface area contributed by atoms with Gasteiger partial charge in [-0.25, -0.2) is 0 Å². The summed E-state index contributed by atoms with van der Waals surface area (Å²) in [6, 6.07) is 16.1. The molecule has 0 saturated heterocycles. The van der Waals surface area contributed by atoms with Crippen molar-refractivity contribution in [1.82, 2.24) is 0 Å². The summed E-state index contributed by atoms with van der Waals surface area (Å²) in [5.74, 6) is 0.784. The van der Waals surface area contributed by atoms with E-state index in [-0.39, 0.29) is 17.4 Å². The average molecular weight is 339 g/mol. The largest absolute Gasteiger partial charge is 0.491 e. The van der Waals surface area contributed by atoms with Crippen LogP contribution in [0.15, 0.2) is 48.5 Å². The molecule has 2 aromatic rings. The molecule has 1 amide bonds. The molecule has 3 heteroatoms. The zero-order valence-corrected chi connectivity index (χ0v) is 15.9. The monoisotopic (exact) mass is 339 g/mol. The third kappa shape index (κ3) is 6.26. The lowest BCUT2D eigenvalue weighted by Gasteiger charge is -2.19. The molecule has 0 radical (unpaired) electrons. The van der Waals surface area contributed by atoms with Crippen LogP contribution >= 0.6 is 0 Å². The van der Waals surface area contributed by atoms with E-state index in [0.717, 1.165) is 17.9 Å². The standard InChI is InChI=1S/C22H29NO2/c1-16(2)25-20-8-6-7-19(15-20)23-21(24)14-11-17-9-12-18(13-10-17)22(3,4)5/h6-10,12-13,15-16H,11,14H2,1-5H3,(H,23,24). The molecular weight excluding hydrogens is 310 g/mol. The molecule has 2 aromatic carbocycles. The van der Waals surface area contributed by atoms with E-state index in [1.165, 1.54) is 11.1 Å². The maximum Gasteiger partial charge on any atom is 0.224 e. The molecule has 0 unspecified atom stereocenters. The molecule has 25 heavy (non-hydrogen) atoms. The first-order valence-electron chi connectivity index (χ1n) is 8.90. The fourth-order valence-corrected chi connectivity index (χ4v) is 2.57. The van der Waals surface area contributed by atoms with E-state index in [9.17, 15) is 4.79 Å². The van der Waals surface area contributed by atoms with Crippen LogP contribution < -0.4 is 10.1 Å². The van der Waals surface area contributed by atoms with Gasteiger partial charge in [0.15, 0.2) is 0 Å². The number of benzene rings is 2. The maximum absolute atomic E-state index is 12.2. The Balaban J connectivity index is 1.88. The van der Waals surface area contributed by atoms with Crippen LogP contribution in [-0.2, 0) is 16.6 Å². The Hall–Kier alpha value is -2.29. The summed E-state index contributed by atoms with van der Waals surface area (Å²) in [6.45, 7) is 10.6. The Labute approximate surface area is 151 Å². The van der Waals surface area contributed by atoms with E-state index < -0.39 is 0 Å². The fraction of sp³-hybridized carbons (Fsp3) is 0.409. The van der Waals surface area contributed by atoms with Crippen molar-refractivity contribution in [2.45, 2.75) is 59.0 Å². The van der Waals surface area contributed by atoms with Crippen LogP contribution in [0.5, 0.6) is 5.75 Å². The van der Waals surface area contributed by atoms with Gasteiger partial charge in [0.05, 0.1) is 6.10 Å². The summed E-state index contributed by atoms with van der Waals surface area (Å²) >= 11 is 0. The zero-order chi connectivity index (χ0) is 18.4. The van der Waals surface area contributed by atoms with E-state index in [2.05, 4.69) is 50.4 Å². The van der Waals surface area contributed by atoms with Crippen LogP contribution in [0, 0.1) is 0 Å². The third-order valence-corrected chi connectivity index (χ3v) is 3.95. The predicted octanol–water partition coefficient (Wildman–Crippen LogP) is 5.34. The quantitative estimate of drug-likeness (QED) is 0.771. The van der Waals surface area contributed by atoms with Crippen molar-refractivity contribution in [2.75, 3.05) is 5.32 Å². The molecule has 0 aliphatic rings. The average Bonchev–Trinajstić information content (AvgIpc) is 2.52. The van der Waals surface area contributed by atoms with Gasteiger partial charge in [-0.2, -0.15) is 0 Å². The summed E-state index contributed by atoms with van der Waals surface area (Å²) in [6.07, 6.45) is 1.31. The second kappa shape index (κ2) is 8.19. The van der Waals surface area contributed by atoms with Crippen LogP contribution in [0.2, 0.25) is 0 Å². The van der Waals surface area contributed by atoms with Crippen LogP contribution in [0.4, 0.5) is 5.69 Å². The number of ether oxygens (including phenoxy) is 1. The molecule has 0 aliphatic heterocycles. The van der Waals surface area contributed by atoms with Gasteiger partial charge in [0.2, 0.25) is 5.91 Å². The predicted molar refractivity (Wildman–Crippen MR) is 104 cm³/mol. The second-order valence-corrected chi connectivity index (χ2v) is 7.69. The van der Waals surface area contributed by atoms with E-state index in [1.807, 2.05) is 38.1 Å². The van der Waals surface area contributed by atoms with Gasteiger partial charge in [0.25, 0.3) is 0 Å². The molecule has 3 nitrogen and oxygen atoms in total. The lowest BCUT2D eigenvalue weighted by Crippen LogP contribution is -2.13. The molecule has 0 bridgehead atoms. The Morgan fingerprint density at radius 1 is 1.08 bits per heavy atom. The Bertz CT molecular complexity index is 697. The summed E-state index contributed by atoms with van der Waals surface area (Å²) in [4.78, 5) is 12.2. The maximum atomic E-state index is 12.2. The molecule has 2 rings (SSSR count). The summed E-state index contributed by atoms with van der Waals surface area (Å²) in [5, 5.41) is 2.94. The van der Waals surface area contributed by atoms with Crippen molar-refractivity contribution >= 4 is 11.6 Å². The molecule has 0 aromatic heterocycles. The molecule has 0 atom stereocenters. The highest BCUT2D eigenvalue weighted by molar-refractivity contribution is 5.91. The summed E-state index contributed by atoms with van der Waals surface area (Å²) < 4.78 is 5.65. The highest BCUT2D eigenvalue weighted by atomic mass is 16.5. The van der Waals surface area contributed by atoms with Gasteiger partial charge < -0.3 is 10.1 Å². The number of nitrogens with one attached hydrogen (secondary N) is 1. The fourth-order valence-electron chi connectivity index (χ4n) is 2.57. The van der Waals surface area contributed by atoms with Gasteiger partial charge in [-0.3, -0.25) is 4.79 Å². The Morgan fingerprint density at radius 2 is 1.76 bits per heavy atom. The van der Waals surface area contributed by atoms with Crippen LogP contribution in [0.1, 0.15) is 52.2 Å². The Morgan fingerprint density at radius 3 is 2.36 bits per heavy atom. The van der Waals surface area contributed by atoms with Crippen molar-refractivity contribution in [3.05, 3.63) is 59.7 Å². The molecule has 0 fully saturated rings. The van der Waals surface area contributed by atoms with E-state index in [0.29, 0.717) is 6.42 Å². The van der Waals surface area contributed by atoms with Crippen LogP contribution in [0.3, 0.4) is 0 Å². The molecule has 0 heterocycles. The lowest BCUT2D eigenvalue weighted by atomic mass is 9.86.